The minimum atomic E-state index is -0.138. The molecule has 0 fully saturated rings. The van der Waals surface area contributed by atoms with Crippen LogP contribution in [0.15, 0.2) is 24.3 Å². The maximum atomic E-state index is 11.4. The van der Waals surface area contributed by atoms with Gasteiger partial charge in [-0.05, 0) is 6.07 Å². The Hall–Kier alpha value is -2.23. The highest BCUT2D eigenvalue weighted by Crippen LogP contribution is 2.06. The van der Waals surface area contributed by atoms with E-state index in [1.54, 1.807) is 6.08 Å². The number of rotatable bonds is 0. The molecule has 0 radical (unpaired) electrons. The number of carbonyl (C=O) groups is 1. The number of aromatic nitrogens is 1. The Kier molecular flexibility index (Phi) is 1.77. The van der Waals surface area contributed by atoms with Gasteiger partial charge in [0.2, 0.25) is 0 Å². The number of para-hydroxylation sites is 1. The first kappa shape index (κ1) is 9.03. The predicted molar refractivity (Wildman–Crippen MR) is 62.4 cm³/mol. The highest BCUT2D eigenvalue weighted by molar-refractivity contribution is 6.05. The van der Waals surface area contributed by atoms with Crippen molar-refractivity contribution in [2.75, 3.05) is 0 Å². The van der Waals surface area contributed by atoms with Crippen LogP contribution in [-0.4, -0.2) is 10.5 Å². The molecule has 0 atom stereocenters. The average Bonchev–Trinajstić information content (AvgIpc) is 2.47. The Balaban J connectivity index is 2.59. The number of amides is 1. The van der Waals surface area contributed by atoms with E-state index in [0.29, 0.717) is 0 Å². The third-order valence-electron chi connectivity index (χ3n) is 2.87. The molecule has 0 unspecified atom stereocenters. The number of carbonyl (C=O) groups excluding carboxylic acids is 1. The van der Waals surface area contributed by atoms with Gasteiger partial charge in [-0.25, -0.2) is 0 Å². The number of hydrogen-bond donors (Lipinski definition) is 2. The molecule has 2 heterocycles. The lowest BCUT2D eigenvalue weighted by atomic mass is 10.2. The van der Waals surface area contributed by atoms with Crippen LogP contribution >= 0.6 is 0 Å². The molecule has 0 saturated carbocycles. The molecule has 0 saturated heterocycles. The van der Waals surface area contributed by atoms with Gasteiger partial charge in [0.1, 0.15) is 0 Å². The van der Waals surface area contributed by atoms with Crippen molar-refractivity contribution < 1.29 is 4.79 Å². The highest BCUT2D eigenvalue weighted by atomic mass is 16.2. The van der Waals surface area contributed by atoms with Crippen LogP contribution in [0, 0.1) is 0 Å². The van der Waals surface area contributed by atoms with Gasteiger partial charge in [0.25, 0.3) is 5.91 Å². The van der Waals surface area contributed by atoms with Gasteiger partial charge in [0.15, 0.2) is 0 Å². The van der Waals surface area contributed by atoms with E-state index in [-0.39, 0.29) is 5.91 Å². The summed E-state index contributed by atoms with van der Waals surface area (Å²) in [6.45, 7) is 0. The lowest BCUT2D eigenvalue weighted by molar-refractivity contribution is -0.115. The van der Waals surface area contributed by atoms with Gasteiger partial charge in [-0.15, -0.1) is 0 Å². The van der Waals surface area contributed by atoms with E-state index in [1.165, 1.54) is 0 Å². The van der Waals surface area contributed by atoms with Gasteiger partial charge in [-0.2, -0.15) is 0 Å². The van der Waals surface area contributed by atoms with E-state index in [0.717, 1.165) is 21.5 Å². The number of nitrogens with zero attached hydrogens (tertiary/aromatic N) is 1. The first-order valence-corrected chi connectivity index (χ1v) is 5.08. The van der Waals surface area contributed by atoms with Crippen molar-refractivity contribution in [2.45, 2.75) is 0 Å². The van der Waals surface area contributed by atoms with Gasteiger partial charge in [0, 0.05) is 35.4 Å². The number of fused-ring (bicyclic) bond motifs is 3. The van der Waals surface area contributed by atoms with E-state index < -0.39 is 0 Å². The molecule has 1 amide bonds. The molecule has 16 heavy (non-hydrogen) atoms. The van der Waals surface area contributed by atoms with Crippen molar-refractivity contribution in [3.05, 3.63) is 34.8 Å². The molecule has 4 heteroatoms. The van der Waals surface area contributed by atoms with Gasteiger partial charge >= 0.3 is 0 Å². The molecule has 2 N–H and O–H groups in total. The van der Waals surface area contributed by atoms with Crippen LogP contribution in [0.2, 0.25) is 0 Å². The smallest absolute Gasteiger partial charge is 0.264 e. The second-order valence-electron chi connectivity index (χ2n) is 3.80. The first-order chi connectivity index (χ1) is 7.77. The SMILES string of the molecule is Cn1c2c(c3ccccc31)=CNNC(=O)C=2. The number of benzene rings is 1. The molecule has 0 aliphatic carbocycles. The Bertz CT molecular complexity index is 697. The third-order valence-corrected chi connectivity index (χ3v) is 2.87. The second kappa shape index (κ2) is 3.13. The minimum absolute atomic E-state index is 0.138. The fraction of sp³-hybridized carbons (Fsp3) is 0.0833. The maximum absolute atomic E-state index is 11.4. The van der Waals surface area contributed by atoms with Crippen molar-refractivity contribution in [1.82, 2.24) is 15.4 Å². The molecule has 2 aromatic rings. The Labute approximate surface area is 91.8 Å². The second-order valence-corrected chi connectivity index (χ2v) is 3.80. The quantitative estimate of drug-likeness (QED) is 0.610. The summed E-state index contributed by atoms with van der Waals surface area (Å²) < 4.78 is 2.02. The van der Waals surface area contributed by atoms with Crippen LogP contribution in [0.4, 0.5) is 0 Å². The van der Waals surface area contributed by atoms with Crippen LogP contribution in [-0.2, 0) is 11.8 Å². The molecule has 1 aliphatic rings. The minimum Gasteiger partial charge on any atom is -0.343 e. The molecule has 0 spiro atoms. The van der Waals surface area contributed by atoms with Gasteiger partial charge < -0.3 is 9.99 Å². The Morgan fingerprint density at radius 2 is 2.06 bits per heavy atom. The molecule has 80 valence electrons. The van der Waals surface area contributed by atoms with E-state index >= 15 is 0 Å². The summed E-state index contributed by atoms with van der Waals surface area (Å²) in [6, 6.07) is 8.09. The molecule has 4 nitrogen and oxygen atoms in total. The zero-order chi connectivity index (χ0) is 11.1. The third kappa shape index (κ3) is 1.13. The van der Waals surface area contributed by atoms with Crippen molar-refractivity contribution in [1.29, 1.82) is 0 Å². The normalized spacial score (nSPS) is 14.2. The Morgan fingerprint density at radius 1 is 1.25 bits per heavy atom. The number of aryl methyl sites for hydroxylation is 1. The number of hydrogen-bond acceptors (Lipinski definition) is 2. The van der Waals surface area contributed by atoms with Gasteiger partial charge in [-0.1, -0.05) is 18.2 Å². The lowest BCUT2D eigenvalue weighted by Crippen LogP contribution is -2.31. The van der Waals surface area contributed by atoms with Crippen LogP contribution in [0.1, 0.15) is 0 Å². The maximum Gasteiger partial charge on any atom is 0.264 e. The van der Waals surface area contributed by atoms with Gasteiger partial charge in [-0.3, -0.25) is 10.2 Å². The summed E-state index contributed by atoms with van der Waals surface area (Å²) in [5.41, 5.74) is 6.47. The highest BCUT2D eigenvalue weighted by Gasteiger charge is 2.07. The zero-order valence-electron chi connectivity index (χ0n) is 8.82. The lowest BCUT2D eigenvalue weighted by Gasteiger charge is -1.98. The van der Waals surface area contributed by atoms with Crippen molar-refractivity contribution in [3.63, 3.8) is 0 Å². The van der Waals surface area contributed by atoms with Crippen molar-refractivity contribution in [2.24, 2.45) is 7.05 Å². The summed E-state index contributed by atoms with van der Waals surface area (Å²) in [6.07, 6.45) is 3.42. The number of nitrogens with one attached hydrogen (secondary N) is 2. The summed E-state index contributed by atoms with van der Waals surface area (Å²) in [5.74, 6) is -0.138. The van der Waals surface area contributed by atoms with E-state index in [2.05, 4.69) is 16.9 Å². The molecule has 1 aromatic carbocycles. The van der Waals surface area contributed by atoms with Crippen LogP contribution in [0.3, 0.4) is 0 Å². The monoisotopic (exact) mass is 213 g/mol. The predicted octanol–water partition coefficient (Wildman–Crippen LogP) is -0.669. The molecular weight excluding hydrogens is 202 g/mol. The molecule has 0 bridgehead atoms. The molecular formula is C12H11N3O. The van der Waals surface area contributed by atoms with Crippen molar-refractivity contribution in [3.8, 4) is 0 Å². The fourth-order valence-electron chi connectivity index (χ4n) is 2.11. The van der Waals surface area contributed by atoms with Crippen LogP contribution in [0.5, 0.6) is 0 Å². The Morgan fingerprint density at radius 3 is 2.94 bits per heavy atom. The van der Waals surface area contributed by atoms with E-state index in [1.807, 2.05) is 36.0 Å². The average molecular weight is 213 g/mol. The molecule has 1 aromatic heterocycles. The summed E-state index contributed by atoms with van der Waals surface area (Å²) >= 11 is 0. The van der Waals surface area contributed by atoms with Crippen LogP contribution in [0.25, 0.3) is 23.2 Å². The largest absolute Gasteiger partial charge is 0.343 e. The van der Waals surface area contributed by atoms with E-state index in [9.17, 15) is 4.79 Å². The van der Waals surface area contributed by atoms with Crippen LogP contribution < -0.4 is 21.4 Å². The first-order valence-electron chi connectivity index (χ1n) is 5.08. The molecule has 3 rings (SSSR count). The standard InChI is InChI=1S/C12H11N3O/c1-15-10-5-3-2-4-8(10)9-7-13-14-12(16)6-11(9)15/h2-7,13H,1H3,(H,14,16). The fourth-order valence-corrected chi connectivity index (χ4v) is 2.11. The summed E-state index contributed by atoms with van der Waals surface area (Å²) in [7, 11) is 1.96. The van der Waals surface area contributed by atoms with Crippen molar-refractivity contribution >= 4 is 29.1 Å². The molecule has 1 aliphatic heterocycles. The van der Waals surface area contributed by atoms with E-state index in [4.69, 9.17) is 0 Å². The number of hydrazine groups is 1. The summed E-state index contributed by atoms with van der Waals surface area (Å²) in [4.78, 5) is 11.4. The zero-order valence-corrected chi connectivity index (χ0v) is 8.82. The topological polar surface area (TPSA) is 46.1 Å². The van der Waals surface area contributed by atoms with Gasteiger partial charge in [0.05, 0.1) is 5.35 Å². The summed E-state index contributed by atoms with van der Waals surface area (Å²) in [5, 5.41) is 3.10.